The summed E-state index contributed by atoms with van der Waals surface area (Å²) in [6, 6.07) is 47.1. The van der Waals surface area contributed by atoms with Gasteiger partial charge in [0.05, 0.1) is 0 Å². The number of ether oxygens (including phenoxy) is 1. The number of aromatic nitrogens is 6. The quantitative estimate of drug-likeness (QED) is 0.0785. The first-order valence-corrected chi connectivity index (χ1v) is 20.4. The highest BCUT2D eigenvalue weighted by Gasteiger charge is 2.42. The highest BCUT2D eigenvalue weighted by molar-refractivity contribution is 5.89. The van der Waals surface area contributed by atoms with E-state index in [1.165, 1.54) is 0 Å². The van der Waals surface area contributed by atoms with Gasteiger partial charge in [0.1, 0.15) is 22.7 Å². The largest absolute Gasteiger partial charge is 0.519 e. The molecule has 0 aliphatic heterocycles. The van der Waals surface area contributed by atoms with Crippen LogP contribution in [0.25, 0.3) is 22.5 Å². The van der Waals surface area contributed by atoms with Crippen LogP contribution < -0.4 is 5.82 Å². The number of aryl methyl sites for hydroxylation is 2. The molecule has 0 saturated heterocycles. The number of hydrogen-bond acceptors (Lipinski definition) is 10. The molecule has 8 rings (SSSR count). The highest BCUT2D eigenvalue weighted by atomic mass is 16.6. The maximum atomic E-state index is 13.9. The van der Waals surface area contributed by atoms with E-state index in [1.54, 1.807) is 13.8 Å². The highest BCUT2D eigenvalue weighted by Crippen LogP contribution is 2.43. The summed E-state index contributed by atoms with van der Waals surface area (Å²) in [5.74, 6) is -0.0235. The number of rotatable bonds is 15. The molecule has 1 atom stereocenters. The van der Waals surface area contributed by atoms with Gasteiger partial charge in [0, 0.05) is 18.5 Å². The van der Waals surface area contributed by atoms with Crippen molar-refractivity contribution in [3.63, 3.8) is 0 Å². The van der Waals surface area contributed by atoms with E-state index in [0.717, 1.165) is 45.4 Å². The van der Waals surface area contributed by atoms with Crippen LogP contribution in [0.3, 0.4) is 0 Å². The Morgan fingerprint density at radius 2 is 1.34 bits per heavy atom. The number of tetrazole rings is 1. The second-order valence-electron chi connectivity index (χ2n) is 15.2. The number of imidazole rings is 1. The summed E-state index contributed by atoms with van der Waals surface area (Å²) in [6.45, 7) is 7.01. The summed E-state index contributed by atoms with van der Waals surface area (Å²) in [4.78, 5) is 30.4. The number of benzene rings is 5. The van der Waals surface area contributed by atoms with E-state index < -0.39 is 22.9 Å². The van der Waals surface area contributed by atoms with Crippen LogP contribution >= 0.6 is 0 Å². The van der Waals surface area contributed by atoms with Crippen LogP contribution in [-0.4, -0.2) is 40.8 Å². The van der Waals surface area contributed by atoms with Crippen molar-refractivity contribution >= 4 is 5.97 Å². The van der Waals surface area contributed by atoms with Crippen molar-refractivity contribution in [2.24, 2.45) is 0 Å². The van der Waals surface area contributed by atoms with E-state index in [0.29, 0.717) is 24.5 Å². The molecule has 1 unspecified atom stereocenters. The molecular weight excluding hydrogens is 769 g/mol. The lowest BCUT2D eigenvalue weighted by Gasteiger charge is -2.36. The average Bonchev–Trinajstić information content (AvgIpc) is 4.01. The fourth-order valence-corrected chi connectivity index (χ4v) is 7.93. The van der Waals surface area contributed by atoms with Gasteiger partial charge in [-0.15, -0.1) is 5.10 Å². The fourth-order valence-electron chi connectivity index (χ4n) is 7.93. The summed E-state index contributed by atoms with van der Waals surface area (Å²) in [5, 5.41) is 25.3. The van der Waals surface area contributed by atoms with E-state index >= 15 is 0 Å². The average molecular weight is 815 g/mol. The van der Waals surface area contributed by atoms with Crippen molar-refractivity contribution in [1.82, 2.24) is 29.8 Å². The van der Waals surface area contributed by atoms with Crippen LogP contribution in [0, 0.1) is 6.92 Å². The maximum Gasteiger partial charge on any atom is 0.519 e. The molecule has 12 heteroatoms. The molecule has 1 N–H and O–H groups in total. The Balaban J connectivity index is 1.19. The lowest BCUT2D eigenvalue weighted by atomic mass is 9.77. The number of aliphatic hydroxyl groups is 1. The number of nitrogens with zero attached hydrogens (tertiary/aromatic N) is 6. The van der Waals surface area contributed by atoms with Crippen LogP contribution in [0.15, 0.2) is 153 Å². The molecule has 8 aromatic rings. The Kier molecular flexibility index (Phi) is 11.4. The van der Waals surface area contributed by atoms with E-state index in [2.05, 4.69) is 47.7 Å². The lowest BCUT2D eigenvalue weighted by Crippen LogP contribution is -2.39. The van der Waals surface area contributed by atoms with Crippen molar-refractivity contribution in [3.05, 3.63) is 201 Å². The summed E-state index contributed by atoms with van der Waals surface area (Å²) in [7, 11) is 0. The zero-order chi connectivity index (χ0) is 42.6. The Labute approximate surface area is 353 Å². The van der Waals surface area contributed by atoms with Gasteiger partial charge in [0.2, 0.25) is 0 Å². The summed E-state index contributed by atoms with van der Waals surface area (Å²) >= 11 is 0. The second-order valence-corrected chi connectivity index (χ2v) is 15.2. The minimum absolute atomic E-state index is 0.109. The molecule has 61 heavy (non-hydrogen) atoms. The predicted octanol–water partition coefficient (Wildman–Crippen LogP) is 8.87. The molecule has 0 aliphatic carbocycles. The van der Waals surface area contributed by atoms with Gasteiger partial charge in [0.25, 0.3) is 0 Å². The minimum atomic E-state index is -1.41. The van der Waals surface area contributed by atoms with Crippen molar-refractivity contribution in [2.75, 3.05) is 0 Å². The maximum absolute atomic E-state index is 13.9. The molecule has 308 valence electrons. The first-order valence-electron chi connectivity index (χ1n) is 20.4. The van der Waals surface area contributed by atoms with Crippen LogP contribution in [0.4, 0.5) is 0 Å². The van der Waals surface area contributed by atoms with Crippen LogP contribution in [0.1, 0.15) is 89.4 Å². The standard InChI is InChI=1S/C49H46N6O6/c1-5-18-42-50-44(48(4,58)6-2)43(46(56)59-32-41-33(3)60-47(57)61-41)54(42)31-34-27-29-35(30-28-34)39-25-16-17-26-40(39)45-51-52-53-55(45)49(36-19-10-7-11-20-36,37-21-12-8-13-22-37)38-23-14-9-15-24-38/h7-17,19-30,58H,5-6,18,31-32H2,1-4H3. The topological polar surface area (TPSA) is 151 Å². The normalized spacial score (nSPS) is 12.6. The van der Waals surface area contributed by atoms with Gasteiger partial charge < -0.3 is 23.2 Å². The van der Waals surface area contributed by atoms with Crippen LogP contribution in [-0.2, 0) is 35.4 Å². The number of esters is 1. The number of carbonyl (C=O) groups excluding carboxylic acids is 1. The second kappa shape index (κ2) is 17.2. The summed E-state index contributed by atoms with van der Waals surface area (Å²) in [6.07, 6.45) is 1.63. The van der Waals surface area contributed by atoms with Crippen LogP contribution in [0.5, 0.6) is 0 Å². The third-order valence-electron chi connectivity index (χ3n) is 11.2. The molecular formula is C49H46N6O6. The Hall–Kier alpha value is -7.18. The smallest absolute Gasteiger partial charge is 0.453 e. The third-order valence-corrected chi connectivity index (χ3v) is 11.2. The van der Waals surface area contributed by atoms with Crippen LogP contribution in [0.2, 0.25) is 0 Å². The van der Waals surface area contributed by atoms with Gasteiger partial charge in [-0.2, -0.15) is 0 Å². The van der Waals surface area contributed by atoms with Gasteiger partial charge in [-0.1, -0.05) is 153 Å². The SMILES string of the molecule is CCCc1nc(C(C)(O)CC)c(C(=O)OCc2oc(=O)oc2C)n1Cc1ccc(-c2ccccc2-c2nnnn2C(c2ccccc2)(c2ccccc2)c2ccccc2)cc1. The summed E-state index contributed by atoms with van der Waals surface area (Å²) in [5.41, 5.74) is 4.62. The molecule has 0 radical (unpaired) electrons. The molecule has 5 aromatic carbocycles. The molecule has 0 saturated carbocycles. The Morgan fingerprint density at radius 3 is 1.89 bits per heavy atom. The van der Waals surface area contributed by atoms with E-state index in [4.69, 9.17) is 28.9 Å². The molecule has 12 nitrogen and oxygen atoms in total. The monoisotopic (exact) mass is 814 g/mol. The molecule has 0 fully saturated rings. The predicted molar refractivity (Wildman–Crippen MR) is 230 cm³/mol. The fraction of sp³-hybridized carbons (Fsp3) is 0.224. The summed E-state index contributed by atoms with van der Waals surface area (Å²) < 4.78 is 19.4. The van der Waals surface area contributed by atoms with Gasteiger partial charge in [-0.3, -0.25) is 0 Å². The molecule has 0 bridgehead atoms. The van der Waals surface area contributed by atoms with E-state index in [1.807, 2.05) is 120 Å². The molecule has 3 heterocycles. The molecule has 0 aliphatic rings. The lowest BCUT2D eigenvalue weighted by molar-refractivity contribution is 0.0345. The first-order chi connectivity index (χ1) is 29.6. The third kappa shape index (κ3) is 7.73. The number of carbonyl (C=O) groups is 1. The Bertz CT molecular complexity index is 2710. The van der Waals surface area contributed by atoms with Gasteiger partial charge in [0.15, 0.2) is 29.6 Å². The van der Waals surface area contributed by atoms with Gasteiger partial charge in [-0.05, 0) is 70.5 Å². The van der Waals surface area contributed by atoms with E-state index in [-0.39, 0.29) is 36.1 Å². The van der Waals surface area contributed by atoms with Crippen molar-refractivity contribution < 1.29 is 23.5 Å². The zero-order valence-corrected chi connectivity index (χ0v) is 34.5. The van der Waals surface area contributed by atoms with E-state index in [9.17, 15) is 14.7 Å². The minimum Gasteiger partial charge on any atom is -0.453 e. The zero-order valence-electron chi connectivity index (χ0n) is 34.5. The van der Waals surface area contributed by atoms with Crippen molar-refractivity contribution in [2.45, 2.75) is 71.2 Å². The van der Waals surface area contributed by atoms with Gasteiger partial charge in [-0.25, -0.2) is 19.3 Å². The van der Waals surface area contributed by atoms with Gasteiger partial charge >= 0.3 is 11.8 Å². The molecule has 3 aromatic heterocycles. The molecule has 0 spiro atoms. The van der Waals surface area contributed by atoms with Crippen molar-refractivity contribution in [1.29, 1.82) is 0 Å². The molecule has 0 amide bonds. The first kappa shape index (κ1) is 40.6. The van der Waals surface area contributed by atoms with Crippen molar-refractivity contribution in [3.8, 4) is 22.5 Å². The Morgan fingerprint density at radius 1 is 0.770 bits per heavy atom. The number of hydrogen-bond donors (Lipinski definition) is 1.